The van der Waals surface area contributed by atoms with Crippen LogP contribution in [0.25, 0.3) is 0 Å². The summed E-state index contributed by atoms with van der Waals surface area (Å²) >= 11 is 0. The zero-order chi connectivity index (χ0) is 13.0. The third-order valence-corrected chi connectivity index (χ3v) is 2.03. The first kappa shape index (κ1) is 12.3. The van der Waals surface area contributed by atoms with Crippen LogP contribution in [-0.4, -0.2) is 24.3 Å². The zero-order valence-corrected chi connectivity index (χ0v) is 8.67. The number of nitro groups is 1. The van der Waals surface area contributed by atoms with Gasteiger partial charge in [0.05, 0.1) is 23.2 Å². The lowest BCUT2D eigenvalue weighted by molar-refractivity contribution is -0.385. The first-order valence-corrected chi connectivity index (χ1v) is 4.31. The molecule has 0 saturated heterocycles. The molecule has 1 aromatic rings. The van der Waals surface area contributed by atoms with Crippen LogP contribution >= 0.6 is 0 Å². The number of methoxy groups -OCH3 is 1. The molecule has 1 aromatic carbocycles. The van der Waals surface area contributed by atoms with E-state index in [0.717, 1.165) is 19.2 Å². The molecule has 86 valence electrons. The summed E-state index contributed by atoms with van der Waals surface area (Å²) in [5.74, 6) is -1.03. The van der Waals surface area contributed by atoms with Crippen LogP contribution in [0, 0.1) is 21.4 Å². The van der Waals surface area contributed by atoms with Gasteiger partial charge in [-0.2, -0.15) is 5.26 Å². The number of carbonyl (C=O) groups excluding carboxylic acids is 2. The van der Waals surface area contributed by atoms with Gasteiger partial charge in [0.2, 0.25) is 0 Å². The van der Waals surface area contributed by atoms with E-state index in [1.807, 2.05) is 0 Å². The smallest absolute Gasteiger partial charge is 0.346 e. The Hall–Kier alpha value is -2.75. The largest absolute Gasteiger partial charge is 0.465 e. The van der Waals surface area contributed by atoms with Crippen LogP contribution in [0.5, 0.6) is 0 Å². The van der Waals surface area contributed by atoms with Crippen molar-refractivity contribution in [3.8, 4) is 6.07 Å². The highest BCUT2D eigenvalue weighted by atomic mass is 16.6. The standard InChI is InChI=1S/C10H6N2O5/c1-17-10(14)8-6(4-11)2-3-7(5-13)9(8)12(15)16/h2-3,5H,1H3. The molecule has 7 nitrogen and oxygen atoms in total. The number of nitrogens with zero attached hydrogens (tertiary/aromatic N) is 2. The molecule has 0 N–H and O–H groups in total. The highest BCUT2D eigenvalue weighted by Gasteiger charge is 2.28. The molecule has 0 radical (unpaired) electrons. The zero-order valence-electron chi connectivity index (χ0n) is 8.67. The van der Waals surface area contributed by atoms with Gasteiger partial charge in [-0.3, -0.25) is 14.9 Å². The number of benzene rings is 1. The van der Waals surface area contributed by atoms with Gasteiger partial charge >= 0.3 is 5.97 Å². The first-order chi connectivity index (χ1) is 8.06. The molecule has 0 fully saturated rings. The second kappa shape index (κ2) is 4.85. The number of rotatable bonds is 3. The minimum atomic E-state index is -1.03. The van der Waals surface area contributed by atoms with Crippen molar-refractivity contribution in [2.75, 3.05) is 7.11 Å². The van der Waals surface area contributed by atoms with Gasteiger partial charge in [-0.1, -0.05) is 0 Å². The summed E-state index contributed by atoms with van der Waals surface area (Å²) < 4.78 is 4.36. The summed E-state index contributed by atoms with van der Waals surface area (Å²) in [5.41, 5.74) is -1.72. The molecular weight excluding hydrogens is 228 g/mol. The molecule has 7 heteroatoms. The minimum absolute atomic E-state index is 0.214. The number of nitro benzene ring substituents is 1. The minimum Gasteiger partial charge on any atom is -0.465 e. The van der Waals surface area contributed by atoms with E-state index < -0.39 is 22.1 Å². The Morgan fingerprint density at radius 2 is 2.24 bits per heavy atom. The van der Waals surface area contributed by atoms with Crippen molar-refractivity contribution in [3.05, 3.63) is 38.9 Å². The third kappa shape index (κ3) is 2.10. The van der Waals surface area contributed by atoms with E-state index in [0.29, 0.717) is 0 Å². The molecule has 0 spiro atoms. The molecule has 0 aliphatic rings. The Morgan fingerprint density at radius 1 is 1.59 bits per heavy atom. The molecule has 0 amide bonds. The monoisotopic (exact) mass is 234 g/mol. The Labute approximate surface area is 95.4 Å². The molecule has 1 rings (SSSR count). The molecule has 0 aliphatic carbocycles. The van der Waals surface area contributed by atoms with E-state index in [9.17, 15) is 19.7 Å². The summed E-state index contributed by atoms with van der Waals surface area (Å²) in [6.45, 7) is 0. The Balaban J connectivity index is 3.71. The van der Waals surface area contributed by atoms with E-state index in [1.54, 1.807) is 6.07 Å². The molecule has 0 heterocycles. The van der Waals surface area contributed by atoms with E-state index in [-0.39, 0.29) is 17.4 Å². The summed E-state index contributed by atoms with van der Waals surface area (Å²) in [6.07, 6.45) is 0.242. The fourth-order valence-electron chi connectivity index (χ4n) is 1.30. The van der Waals surface area contributed by atoms with E-state index >= 15 is 0 Å². The molecule has 0 saturated carbocycles. The van der Waals surface area contributed by atoms with Crippen LogP contribution in [0.4, 0.5) is 5.69 Å². The van der Waals surface area contributed by atoms with E-state index in [1.165, 1.54) is 0 Å². The van der Waals surface area contributed by atoms with E-state index in [2.05, 4.69) is 4.74 Å². The quantitative estimate of drug-likeness (QED) is 0.334. The first-order valence-electron chi connectivity index (χ1n) is 4.31. The van der Waals surface area contributed by atoms with Gasteiger partial charge in [0.1, 0.15) is 6.07 Å². The lowest BCUT2D eigenvalue weighted by atomic mass is 10.0. The van der Waals surface area contributed by atoms with Crippen LogP contribution in [0.15, 0.2) is 12.1 Å². The maximum atomic E-state index is 11.4. The summed E-state index contributed by atoms with van der Waals surface area (Å²) in [4.78, 5) is 32.0. The van der Waals surface area contributed by atoms with Gasteiger partial charge in [-0.05, 0) is 12.1 Å². The van der Waals surface area contributed by atoms with Crippen LogP contribution in [0.3, 0.4) is 0 Å². The second-order valence-electron chi connectivity index (χ2n) is 2.90. The van der Waals surface area contributed by atoms with Gasteiger partial charge in [0.25, 0.3) is 5.69 Å². The number of nitriles is 1. The molecule has 0 unspecified atom stereocenters. The van der Waals surface area contributed by atoms with Crippen LogP contribution in [-0.2, 0) is 4.74 Å². The highest BCUT2D eigenvalue weighted by Crippen LogP contribution is 2.26. The van der Waals surface area contributed by atoms with Crippen molar-refractivity contribution in [3.63, 3.8) is 0 Å². The maximum Gasteiger partial charge on any atom is 0.346 e. The molecule has 0 atom stereocenters. The SMILES string of the molecule is COC(=O)c1c(C#N)ccc(C=O)c1[N+](=O)[O-]. The van der Waals surface area contributed by atoms with Crippen molar-refractivity contribution < 1.29 is 19.2 Å². The van der Waals surface area contributed by atoms with Crippen molar-refractivity contribution in [1.82, 2.24) is 0 Å². The molecule has 0 aromatic heterocycles. The Morgan fingerprint density at radius 3 is 2.65 bits per heavy atom. The van der Waals surface area contributed by atoms with Gasteiger partial charge < -0.3 is 4.74 Å². The lowest BCUT2D eigenvalue weighted by Crippen LogP contribution is -2.10. The molecular formula is C10H6N2O5. The Kier molecular flexibility index (Phi) is 3.51. The number of carbonyl (C=O) groups is 2. The topological polar surface area (TPSA) is 110 Å². The molecule has 0 aliphatic heterocycles. The van der Waals surface area contributed by atoms with Gasteiger partial charge in [-0.25, -0.2) is 4.79 Å². The lowest BCUT2D eigenvalue weighted by Gasteiger charge is -2.04. The van der Waals surface area contributed by atoms with E-state index in [4.69, 9.17) is 5.26 Å². The summed E-state index contributed by atoms with van der Waals surface area (Å²) in [7, 11) is 1.03. The average Bonchev–Trinajstić information content (AvgIpc) is 2.35. The number of hydrogen-bond acceptors (Lipinski definition) is 6. The highest BCUT2D eigenvalue weighted by molar-refractivity contribution is 6.00. The predicted molar refractivity (Wildman–Crippen MR) is 54.5 cm³/mol. The van der Waals surface area contributed by atoms with Crippen LogP contribution in [0.2, 0.25) is 0 Å². The number of aldehydes is 1. The molecule has 0 bridgehead atoms. The number of esters is 1. The van der Waals surface area contributed by atoms with Crippen LogP contribution < -0.4 is 0 Å². The fourth-order valence-corrected chi connectivity index (χ4v) is 1.30. The maximum absolute atomic E-state index is 11.4. The van der Waals surface area contributed by atoms with Crippen LogP contribution in [0.1, 0.15) is 26.3 Å². The third-order valence-electron chi connectivity index (χ3n) is 2.03. The fraction of sp³-hybridized carbons (Fsp3) is 0.100. The summed E-state index contributed by atoms with van der Waals surface area (Å²) in [5, 5.41) is 19.6. The average molecular weight is 234 g/mol. The normalized spacial score (nSPS) is 9.18. The molecule has 17 heavy (non-hydrogen) atoms. The van der Waals surface area contributed by atoms with Gasteiger partial charge in [0.15, 0.2) is 11.8 Å². The van der Waals surface area contributed by atoms with Gasteiger partial charge in [0, 0.05) is 0 Å². The second-order valence-corrected chi connectivity index (χ2v) is 2.90. The number of hydrogen-bond donors (Lipinski definition) is 0. The Bertz CT molecular complexity index is 544. The van der Waals surface area contributed by atoms with Gasteiger partial charge in [-0.15, -0.1) is 0 Å². The predicted octanol–water partition coefficient (Wildman–Crippen LogP) is 1.07. The van der Waals surface area contributed by atoms with Crippen molar-refractivity contribution >= 4 is 17.9 Å². The van der Waals surface area contributed by atoms with Crippen molar-refractivity contribution in [2.24, 2.45) is 0 Å². The van der Waals surface area contributed by atoms with Crippen molar-refractivity contribution in [1.29, 1.82) is 5.26 Å². The van der Waals surface area contributed by atoms with Crippen molar-refractivity contribution in [2.45, 2.75) is 0 Å². The summed E-state index contributed by atoms with van der Waals surface area (Å²) in [6, 6.07) is 3.90. The number of ether oxygens (including phenoxy) is 1.